The molecule has 1 aliphatic rings. The Hall–Kier alpha value is -2.71. The molecule has 1 aliphatic heterocycles. The van der Waals surface area contributed by atoms with Gasteiger partial charge in [-0.1, -0.05) is 26.0 Å². The van der Waals surface area contributed by atoms with Crippen molar-refractivity contribution in [3.8, 4) is 5.88 Å². The van der Waals surface area contributed by atoms with E-state index in [0.29, 0.717) is 49.5 Å². The Kier molecular flexibility index (Phi) is 10.1. The maximum absolute atomic E-state index is 12.9. The van der Waals surface area contributed by atoms with E-state index in [1.165, 1.54) is 20.1 Å². The van der Waals surface area contributed by atoms with Crippen LogP contribution in [0.1, 0.15) is 52.7 Å². The van der Waals surface area contributed by atoms with E-state index in [0.717, 1.165) is 0 Å². The van der Waals surface area contributed by atoms with Crippen LogP contribution < -0.4 is 9.64 Å². The third-order valence-corrected chi connectivity index (χ3v) is 5.53. The number of pyridine rings is 1. The minimum Gasteiger partial charge on any atom is -0.481 e. The number of fused-ring (bicyclic) bond motifs is 1. The molecule has 2 atom stereocenters. The summed E-state index contributed by atoms with van der Waals surface area (Å²) in [6.45, 7) is 7.47. The van der Waals surface area contributed by atoms with Crippen molar-refractivity contribution in [2.24, 2.45) is 5.92 Å². The highest BCUT2D eigenvalue weighted by Crippen LogP contribution is 2.29. The van der Waals surface area contributed by atoms with Crippen LogP contribution in [0.2, 0.25) is 0 Å². The molecule has 33 heavy (non-hydrogen) atoms. The lowest BCUT2D eigenvalue weighted by molar-refractivity contribution is -0.132. The van der Waals surface area contributed by atoms with E-state index < -0.39 is 18.4 Å². The second-order valence-corrected chi connectivity index (χ2v) is 8.43. The number of nitrogens with zero attached hydrogens (tertiary/aromatic N) is 3. The molecule has 0 spiro atoms. The summed E-state index contributed by atoms with van der Waals surface area (Å²) in [7, 11) is 1.52. The number of allylic oxidation sites excluding steroid dienone is 1. The number of aromatic nitrogens is 1. The first-order chi connectivity index (χ1) is 15.7. The summed E-state index contributed by atoms with van der Waals surface area (Å²) in [6, 6.07) is 3.28. The molecule has 2 amide bonds. The smallest absolute Gasteiger partial charge is 0.414 e. The fourth-order valence-electron chi connectivity index (χ4n) is 3.77. The van der Waals surface area contributed by atoms with Crippen molar-refractivity contribution in [3.63, 3.8) is 0 Å². The predicted octanol–water partition coefficient (Wildman–Crippen LogP) is 4.84. The molecule has 2 unspecified atom stereocenters. The van der Waals surface area contributed by atoms with Crippen molar-refractivity contribution >= 4 is 17.7 Å². The zero-order valence-corrected chi connectivity index (χ0v) is 20.1. The van der Waals surface area contributed by atoms with Gasteiger partial charge in [0.05, 0.1) is 24.6 Å². The summed E-state index contributed by atoms with van der Waals surface area (Å²) >= 11 is 0. The first kappa shape index (κ1) is 26.5. The molecule has 1 aromatic rings. The van der Waals surface area contributed by atoms with Gasteiger partial charge in [-0.25, -0.2) is 18.6 Å². The lowest BCUT2D eigenvalue weighted by Crippen LogP contribution is -2.44. The van der Waals surface area contributed by atoms with E-state index >= 15 is 0 Å². The third-order valence-electron chi connectivity index (χ3n) is 5.53. The van der Waals surface area contributed by atoms with Gasteiger partial charge in [0.15, 0.2) is 0 Å². The normalized spacial score (nSPS) is 17.5. The monoisotopic (exact) mass is 467 g/mol. The van der Waals surface area contributed by atoms with Gasteiger partial charge in [-0.3, -0.25) is 9.69 Å². The molecule has 0 saturated carbocycles. The van der Waals surface area contributed by atoms with E-state index in [2.05, 4.69) is 4.98 Å². The first-order valence-electron chi connectivity index (χ1n) is 11.4. The predicted molar refractivity (Wildman–Crippen MR) is 123 cm³/mol. The number of anilines is 1. The number of hydrogen-bond acceptors (Lipinski definition) is 5. The quantitative estimate of drug-likeness (QED) is 0.512. The van der Waals surface area contributed by atoms with Crippen LogP contribution in [0.15, 0.2) is 24.3 Å². The van der Waals surface area contributed by atoms with Gasteiger partial charge in [0, 0.05) is 44.0 Å². The highest BCUT2D eigenvalue weighted by Gasteiger charge is 2.30. The number of hydrogen-bond donors (Lipinski definition) is 0. The number of carbonyl (C=O) groups is 2. The van der Waals surface area contributed by atoms with Gasteiger partial charge < -0.3 is 14.4 Å². The molecule has 0 radical (unpaired) electrons. The summed E-state index contributed by atoms with van der Waals surface area (Å²) in [6.07, 6.45) is 1.92. The van der Waals surface area contributed by atoms with Crippen LogP contribution in [-0.2, 0) is 16.0 Å². The van der Waals surface area contributed by atoms with Crippen LogP contribution in [0.3, 0.4) is 0 Å². The fourth-order valence-corrected chi connectivity index (χ4v) is 3.77. The Balaban J connectivity index is 2.36. The maximum Gasteiger partial charge on any atom is 0.414 e. The Labute approximate surface area is 194 Å². The fraction of sp³-hybridized carbons (Fsp3) is 0.625. The van der Waals surface area contributed by atoms with Crippen molar-refractivity contribution in [1.82, 2.24) is 9.88 Å². The largest absolute Gasteiger partial charge is 0.481 e. The van der Waals surface area contributed by atoms with Crippen molar-refractivity contribution in [2.75, 3.05) is 25.1 Å². The van der Waals surface area contributed by atoms with E-state index in [1.54, 1.807) is 48.8 Å². The van der Waals surface area contributed by atoms with Crippen molar-refractivity contribution in [2.45, 2.75) is 71.9 Å². The molecule has 0 aromatic carbocycles. The van der Waals surface area contributed by atoms with Gasteiger partial charge in [0.1, 0.15) is 0 Å². The van der Waals surface area contributed by atoms with Crippen LogP contribution in [-0.4, -0.2) is 60.7 Å². The molecule has 0 N–H and O–H groups in total. The SMILES string of the molecule is CCC(=O)N(C/C=C/C(C)C(F)F)C1CCCN(C(=O)OC(C)C)c2ccc(OC)nc2C1. The Morgan fingerprint density at radius 1 is 1.30 bits per heavy atom. The minimum absolute atomic E-state index is 0.0598. The first-order valence-corrected chi connectivity index (χ1v) is 11.4. The van der Waals surface area contributed by atoms with E-state index in [-0.39, 0.29) is 24.6 Å². The zero-order valence-electron chi connectivity index (χ0n) is 20.1. The molecule has 184 valence electrons. The van der Waals surface area contributed by atoms with Crippen molar-refractivity contribution in [3.05, 3.63) is 30.0 Å². The van der Waals surface area contributed by atoms with E-state index in [1.807, 2.05) is 0 Å². The topological polar surface area (TPSA) is 72.0 Å². The van der Waals surface area contributed by atoms with Gasteiger partial charge in [0.25, 0.3) is 0 Å². The highest BCUT2D eigenvalue weighted by atomic mass is 19.3. The summed E-state index contributed by atoms with van der Waals surface area (Å²) in [4.78, 5) is 33.4. The third kappa shape index (κ3) is 7.40. The lowest BCUT2D eigenvalue weighted by atomic mass is 9.98. The maximum atomic E-state index is 12.9. The van der Waals surface area contributed by atoms with Gasteiger partial charge in [-0.15, -0.1) is 0 Å². The molecule has 0 bridgehead atoms. The van der Waals surface area contributed by atoms with Crippen molar-refractivity contribution in [1.29, 1.82) is 0 Å². The summed E-state index contributed by atoms with van der Waals surface area (Å²) in [5.41, 5.74) is 1.25. The molecule has 7 nitrogen and oxygen atoms in total. The van der Waals surface area contributed by atoms with Crippen molar-refractivity contribution < 1.29 is 27.8 Å². The number of alkyl halides is 2. The molecule has 9 heteroatoms. The number of amides is 2. The second-order valence-electron chi connectivity index (χ2n) is 8.43. The van der Waals surface area contributed by atoms with Gasteiger partial charge >= 0.3 is 6.09 Å². The second kappa shape index (κ2) is 12.5. The summed E-state index contributed by atoms with van der Waals surface area (Å²) in [5.74, 6) is -0.534. The van der Waals surface area contributed by atoms with E-state index in [9.17, 15) is 18.4 Å². The molecule has 1 aromatic heterocycles. The van der Waals surface area contributed by atoms with Gasteiger partial charge in [-0.2, -0.15) is 0 Å². The standard InChI is InChI=1S/C24H35F2N3O4/c1-6-22(30)28(13-7-9-17(4)23(25)26)18-10-8-14-29(24(31)33-16(2)3)20-11-12-21(32-5)27-19(20)15-18/h7,9,11-12,16-18,23H,6,8,10,13-15H2,1-5H3/b9-7+. The zero-order chi connectivity index (χ0) is 24.5. The Morgan fingerprint density at radius 2 is 2.03 bits per heavy atom. The number of methoxy groups -OCH3 is 1. The number of ether oxygens (including phenoxy) is 2. The Morgan fingerprint density at radius 3 is 2.64 bits per heavy atom. The van der Waals surface area contributed by atoms with Gasteiger partial charge in [0.2, 0.25) is 18.2 Å². The van der Waals surface area contributed by atoms with E-state index in [4.69, 9.17) is 9.47 Å². The molecular formula is C24H35F2N3O4. The minimum atomic E-state index is -2.45. The van der Waals surface area contributed by atoms with Gasteiger partial charge in [-0.05, 0) is 32.8 Å². The van der Waals surface area contributed by atoms with Crippen LogP contribution in [0.25, 0.3) is 0 Å². The molecular weight excluding hydrogens is 432 g/mol. The van der Waals surface area contributed by atoms with Crippen LogP contribution in [0.5, 0.6) is 5.88 Å². The molecule has 2 rings (SSSR count). The van der Waals surface area contributed by atoms with Crippen LogP contribution in [0.4, 0.5) is 19.3 Å². The number of halogens is 2. The average Bonchev–Trinajstić information content (AvgIpc) is 2.76. The van der Waals surface area contributed by atoms with Crippen LogP contribution >= 0.6 is 0 Å². The number of carbonyl (C=O) groups excluding carboxylic acids is 2. The summed E-state index contributed by atoms with van der Waals surface area (Å²) < 4.78 is 36.4. The average molecular weight is 468 g/mol. The number of rotatable bonds is 8. The molecule has 0 fully saturated rings. The molecule has 0 aliphatic carbocycles. The Bertz CT molecular complexity index is 832. The molecule has 0 saturated heterocycles. The lowest BCUT2D eigenvalue weighted by Gasteiger charge is -2.35. The van der Waals surface area contributed by atoms with Crippen LogP contribution in [0, 0.1) is 5.92 Å². The highest BCUT2D eigenvalue weighted by molar-refractivity contribution is 5.88. The molecule has 2 heterocycles. The summed E-state index contributed by atoms with van der Waals surface area (Å²) in [5, 5.41) is 0.